The van der Waals surface area contributed by atoms with Crippen LogP contribution < -0.4 is 10.6 Å². The fraction of sp³-hybridized carbons (Fsp3) is 0.412. The summed E-state index contributed by atoms with van der Waals surface area (Å²) >= 11 is 12.3. The van der Waals surface area contributed by atoms with E-state index in [1.165, 1.54) is 0 Å². The van der Waals surface area contributed by atoms with E-state index in [9.17, 15) is 4.79 Å². The number of benzene rings is 1. The van der Waals surface area contributed by atoms with E-state index in [2.05, 4.69) is 15.7 Å². The molecule has 0 radical (unpaired) electrons. The Hall–Kier alpha value is -1.56. The Balaban J connectivity index is 1.54. The van der Waals surface area contributed by atoms with E-state index in [1.807, 2.05) is 29.9 Å². The molecule has 7 heteroatoms. The molecule has 2 heterocycles. The van der Waals surface area contributed by atoms with Crippen LogP contribution in [0.4, 0.5) is 0 Å². The Labute approximate surface area is 151 Å². The molecule has 3 rings (SSSR count). The van der Waals surface area contributed by atoms with Crippen LogP contribution in [0.5, 0.6) is 0 Å². The Bertz CT molecular complexity index is 724. The standard InChI is InChI=1S/C17H20Cl2N4O/c1-23-15-7-9-20-16(12(15)10-22-23)17(24)21-8-3-4-11-13(18)5-2-6-14(11)19/h2,5-6,10,16,20H,3-4,7-9H2,1H3,(H,21,24). The van der Waals surface area contributed by atoms with E-state index in [-0.39, 0.29) is 11.9 Å². The van der Waals surface area contributed by atoms with Gasteiger partial charge in [0.05, 0.1) is 6.20 Å². The number of carbonyl (C=O) groups excluding carboxylic acids is 1. The molecule has 5 nitrogen and oxygen atoms in total. The summed E-state index contributed by atoms with van der Waals surface area (Å²) in [5.74, 6) is -0.0193. The SMILES string of the molecule is Cn1ncc2c1CCNC2C(=O)NCCCc1c(Cl)cccc1Cl. The average molecular weight is 367 g/mol. The lowest BCUT2D eigenvalue weighted by molar-refractivity contribution is -0.123. The van der Waals surface area contributed by atoms with E-state index in [0.29, 0.717) is 16.6 Å². The summed E-state index contributed by atoms with van der Waals surface area (Å²) in [5.41, 5.74) is 3.02. The van der Waals surface area contributed by atoms with Crippen LogP contribution in [-0.4, -0.2) is 28.8 Å². The summed E-state index contributed by atoms with van der Waals surface area (Å²) in [6.07, 6.45) is 4.17. The fourth-order valence-electron chi connectivity index (χ4n) is 3.06. The van der Waals surface area contributed by atoms with Crippen molar-refractivity contribution >= 4 is 29.1 Å². The molecule has 1 aromatic heterocycles. The number of hydrogen-bond acceptors (Lipinski definition) is 3. The van der Waals surface area contributed by atoms with Crippen molar-refractivity contribution in [2.45, 2.75) is 25.3 Å². The number of hydrogen-bond donors (Lipinski definition) is 2. The lowest BCUT2D eigenvalue weighted by Gasteiger charge is -2.23. The van der Waals surface area contributed by atoms with Crippen LogP contribution in [0.3, 0.4) is 0 Å². The van der Waals surface area contributed by atoms with Gasteiger partial charge in [0.2, 0.25) is 5.91 Å². The first kappa shape index (κ1) is 17.3. The van der Waals surface area contributed by atoms with Gasteiger partial charge in [0.1, 0.15) is 6.04 Å². The van der Waals surface area contributed by atoms with E-state index in [0.717, 1.165) is 42.6 Å². The number of aromatic nitrogens is 2. The molecule has 0 fully saturated rings. The summed E-state index contributed by atoms with van der Waals surface area (Å²) in [7, 11) is 1.91. The second-order valence-corrected chi connectivity index (χ2v) is 6.72. The lowest BCUT2D eigenvalue weighted by Crippen LogP contribution is -2.41. The van der Waals surface area contributed by atoms with Gasteiger partial charge in [-0.2, -0.15) is 5.10 Å². The second-order valence-electron chi connectivity index (χ2n) is 5.90. The summed E-state index contributed by atoms with van der Waals surface area (Å²) in [5, 5.41) is 11.8. The Morgan fingerprint density at radius 3 is 2.92 bits per heavy atom. The Morgan fingerprint density at radius 1 is 1.42 bits per heavy atom. The van der Waals surface area contributed by atoms with Crippen LogP contribution >= 0.6 is 23.2 Å². The van der Waals surface area contributed by atoms with Crippen LogP contribution in [0.25, 0.3) is 0 Å². The summed E-state index contributed by atoms with van der Waals surface area (Å²) in [4.78, 5) is 12.5. The third kappa shape index (κ3) is 3.58. The molecule has 1 unspecified atom stereocenters. The molecule has 0 spiro atoms. The van der Waals surface area contributed by atoms with E-state index < -0.39 is 0 Å². The number of nitrogens with zero attached hydrogens (tertiary/aromatic N) is 2. The number of aryl methyl sites for hydroxylation is 1. The smallest absolute Gasteiger partial charge is 0.241 e. The van der Waals surface area contributed by atoms with Gasteiger partial charge in [-0.1, -0.05) is 29.3 Å². The number of halogens is 2. The third-order valence-corrected chi connectivity index (χ3v) is 5.05. The van der Waals surface area contributed by atoms with Gasteiger partial charge in [0, 0.05) is 47.9 Å². The van der Waals surface area contributed by atoms with E-state index in [4.69, 9.17) is 23.2 Å². The predicted molar refractivity (Wildman–Crippen MR) is 95.4 cm³/mol. The predicted octanol–water partition coefficient (Wildman–Crippen LogP) is 2.66. The van der Waals surface area contributed by atoms with Crippen LogP contribution in [0.2, 0.25) is 10.0 Å². The zero-order valence-corrected chi connectivity index (χ0v) is 15.0. The highest BCUT2D eigenvalue weighted by atomic mass is 35.5. The fourth-order valence-corrected chi connectivity index (χ4v) is 3.64. The zero-order chi connectivity index (χ0) is 17.1. The molecule has 2 aromatic rings. The topological polar surface area (TPSA) is 59.0 Å². The van der Waals surface area contributed by atoms with E-state index >= 15 is 0 Å². The number of amides is 1. The van der Waals surface area contributed by atoms with Gasteiger partial charge < -0.3 is 10.6 Å². The van der Waals surface area contributed by atoms with Crippen molar-refractivity contribution < 1.29 is 4.79 Å². The van der Waals surface area contributed by atoms with Crippen molar-refractivity contribution in [3.63, 3.8) is 0 Å². The molecule has 1 aliphatic heterocycles. The molecule has 1 aromatic carbocycles. The van der Waals surface area contributed by atoms with E-state index in [1.54, 1.807) is 6.20 Å². The maximum Gasteiger partial charge on any atom is 0.241 e. The monoisotopic (exact) mass is 366 g/mol. The lowest BCUT2D eigenvalue weighted by atomic mass is 10.0. The molecule has 24 heavy (non-hydrogen) atoms. The minimum Gasteiger partial charge on any atom is -0.354 e. The van der Waals surface area contributed by atoms with Gasteiger partial charge >= 0.3 is 0 Å². The maximum atomic E-state index is 12.5. The average Bonchev–Trinajstić information content (AvgIpc) is 2.95. The Kier molecular flexibility index (Phi) is 5.43. The van der Waals surface area contributed by atoms with Crippen LogP contribution in [-0.2, 0) is 24.7 Å². The first-order valence-electron chi connectivity index (χ1n) is 8.02. The quantitative estimate of drug-likeness (QED) is 0.799. The molecule has 1 aliphatic rings. The minimum atomic E-state index is -0.327. The van der Waals surface area contributed by atoms with Gasteiger partial charge in [-0.15, -0.1) is 0 Å². The largest absolute Gasteiger partial charge is 0.354 e. The van der Waals surface area contributed by atoms with Crippen molar-refractivity contribution in [2.24, 2.45) is 7.05 Å². The Morgan fingerprint density at radius 2 is 2.17 bits per heavy atom. The zero-order valence-electron chi connectivity index (χ0n) is 13.5. The van der Waals surface area contributed by atoms with Gasteiger partial charge in [0.25, 0.3) is 0 Å². The summed E-state index contributed by atoms with van der Waals surface area (Å²) in [6.45, 7) is 1.36. The number of carbonyl (C=O) groups is 1. The van der Waals surface area contributed by atoms with Crippen LogP contribution in [0.15, 0.2) is 24.4 Å². The molecular weight excluding hydrogens is 347 g/mol. The van der Waals surface area contributed by atoms with Crippen LogP contribution in [0, 0.1) is 0 Å². The number of nitrogens with one attached hydrogen (secondary N) is 2. The highest BCUT2D eigenvalue weighted by molar-refractivity contribution is 6.35. The van der Waals surface area contributed by atoms with Gasteiger partial charge in [0.15, 0.2) is 0 Å². The van der Waals surface area contributed by atoms with Crippen molar-refractivity contribution in [1.82, 2.24) is 20.4 Å². The molecule has 0 aliphatic carbocycles. The van der Waals surface area contributed by atoms with Gasteiger partial charge in [-0.05, 0) is 30.5 Å². The molecule has 2 N–H and O–H groups in total. The van der Waals surface area contributed by atoms with Crippen molar-refractivity contribution in [2.75, 3.05) is 13.1 Å². The number of rotatable bonds is 5. The molecule has 1 amide bonds. The normalized spacial score (nSPS) is 16.7. The van der Waals surface area contributed by atoms with Crippen LogP contribution in [0.1, 0.15) is 29.3 Å². The molecule has 0 bridgehead atoms. The van der Waals surface area contributed by atoms with Gasteiger partial charge in [-0.25, -0.2) is 0 Å². The minimum absolute atomic E-state index is 0.0193. The highest BCUT2D eigenvalue weighted by Crippen LogP contribution is 2.25. The third-order valence-electron chi connectivity index (χ3n) is 4.34. The van der Waals surface area contributed by atoms with Gasteiger partial charge in [-0.3, -0.25) is 9.48 Å². The van der Waals surface area contributed by atoms with Crippen molar-refractivity contribution in [1.29, 1.82) is 0 Å². The highest BCUT2D eigenvalue weighted by Gasteiger charge is 2.28. The second kappa shape index (κ2) is 7.55. The molecule has 0 saturated heterocycles. The first-order valence-corrected chi connectivity index (χ1v) is 8.78. The molecular formula is C17H20Cl2N4O. The molecule has 1 atom stereocenters. The molecule has 0 saturated carbocycles. The number of fused-ring (bicyclic) bond motifs is 1. The maximum absolute atomic E-state index is 12.5. The molecule has 128 valence electrons. The summed E-state index contributed by atoms with van der Waals surface area (Å²) in [6, 6.07) is 5.16. The summed E-state index contributed by atoms with van der Waals surface area (Å²) < 4.78 is 1.84. The van der Waals surface area contributed by atoms with Crippen molar-refractivity contribution in [3.05, 3.63) is 51.3 Å². The first-order chi connectivity index (χ1) is 11.6. The van der Waals surface area contributed by atoms with Crippen molar-refractivity contribution in [3.8, 4) is 0 Å².